The van der Waals surface area contributed by atoms with Gasteiger partial charge in [-0.25, -0.2) is 0 Å². The van der Waals surface area contributed by atoms with Gasteiger partial charge in [-0.3, -0.25) is 4.79 Å². The van der Waals surface area contributed by atoms with Crippen LogP contribution < -0.4 is 10.6 Å². The van der Waals surface area contributed by atoms with Crippen LogP contribution in [0, 0.1) is 6.92 Å². The van der Waals surface area contributed by atoms with Crippen molar-refractivity contribution in [2.75, 3.05) is 18.5 Å². The molecule has 0 bridgehead atoms. The third-order valence-corrected chi connectivity index (χ3v) is 2.83. The summed E-state index contributed by atoms with van der Waals surface area (Å²) in [7, 11) is 1.76. The first kappa shape index (κ1) is 12.2. The predicted octanol–water partition coefficient (Wildman–Crippen LogP) is 2.07. The van der Waals surface area contributed by atoms with Crippen LogP contribution in [0.25, 0.3) is 0 Å². The lowest BCUT2D eigenvalue weighted by Crippen LogP contribution is -2.28. The van der Waals surface area contributed by atoms with Gasteiger partial charge >= 0.3 is 0 Å². The van der Waals surface area contributed by atoms with Crippen LogP contribution in [-0.4, -0.2) is 19.5 Å². The van der Waals surface area contributed by atoms with Crippen LogP contribution in [-0.2, 0) is 4.79 Å². The van der Waals surface area contributed by atoms with Crippen LogP contribution >= 0.6 is 15.9 Å². The minimum Gasteiger partial charge on any atom is -0.330 e. The van der Waals surface area contributed by atoms with Crippen molar-refractivity contribution in [3.8, 4) is 0 Å². The van der Waals surface area contributed by atoms with Gasteiger partial charge < -0.3 is 10.6 Å². The van der Waals surface area contributed by atoms with Crippen molar-refractivity contribution in [3.63, 3.8) is 0 Å². The molecule has 0 atom stereocenters. The molecule has 0 aromatic heterocycles. The molecular weight excluding hydrogens is 256 g/mol. The van der Waals surface area contributed by atoms with Gasteiger partial charge in [-0.15, -0.1) is 0 Å². The van der Waals surface area contributed by atoms with Crippen LogP contribution in [0.3, 0.4) is 0 Å². The molecule has 15 heavy (non-hydrogen) atoms. The summed E-state index contributed by atoms with van der Waals surface area (Å²) in [5.41, 5.74) is 7.38. The number of anilines is 1. The van der Waals surface area contributed by atoms with Crippen LogP contribution in [0.5, 0.6) is 0 Å². The molecule has 0 heterocycles. The van der Waals surface area contributed by atoms with E-state index in [2.05, 4.69) is 15.9 Å². The summed E-state index contributed by atoms with van der Waals surface area (Å²) in [6, 6.07) is 5.89. The molecular formula is C11H15BrN2O. The molecule has 0 saturated carbocycles. The van der Waals surface area contributed by atoms with Crippen molar-refractivity contribution in [2.24, 2.45) is 5.73 Å². The monoisotopic (exact) mass is 270 g/mol. The average molecular weight is 271 g/mol. The fourth-order valence-electron chi connectivity index (χ4n) is 1.31. The highest BCUT2D eigenvalue weighted by Crippen LogP contribution is 2.26. The number of hydrogen-bond donors (Lipinski definition) is 1. The molecule has 0 unspecified atom stereocenters. The van der Waals surface area contributed by atoms with Gasteiger partial charge in [0.05, 0.1) is 5.69 Å². The highest BCUT2D eigenvalue weighted by atomic mass is 79.9. The quantitative estimate of drug-likeness (QED) is 0.914. The van der Waals surface area contributed by atoms with Gasteiger partial charge in [-0.2, -0.15) is 0 Å². The predicted molar refractivity (Wildman–Crippen MR) is 66.0 cm³/mol. The molecule has 0 spiro atoms. The van der Waals surface area contributed by atoms with Crippen LogP contribution in [0.15, 0.2) is 22.7 Å². The number of rotatable bonds is 3. The molecule has 0 aliphatic rings. The number of nitrogens with zero attached hydrogens (tertiary/aromatic N) is 1. The number of benzene rings is 1. The summed E-state index contributed by atoms with van der Waals surface area (Å²) in [5, 5.41) is 0. The third-order valence-electron chi connectivity index (χ3n) is 2.20. The van der Waals surface area contributed by atoms with E-state index in [-0.39, 0.29) is 5.91 Å². The zero-order valence-corrected chi connectivity index (χ0v) is 10.5. The second-order valence-electron chi connectivity index (χ2n) is 3.45. The van der Waals surface area contributed by atoms with Gasteiger partial charge in [0.25, 0.3) is 0 Å². The Bertz CT molecular complexity index is 366. The molecule has 4 heteroatoms. The van der Waals surface area contributed by atoms with E-state index < -0.39 is 0 Å². The van der Waals surface area contributed by atoms with Gasteiger partial charge in [0.15, 0.2) is 0 Å². The summed E-state index contributed by atoms with van der Waals surface area (Å²) in [6.07, 6.45) is 0.372. The Morgan fingerprint density at radius 2 is 2.20 bits per heavy atom. The lowest BCUT2D eigenvalue weighted by atomic mass is 10.2. The number of nitrogens with two attached hydrogens (primary N) is 1. The molecule has 1 aromatic carbocycles. The molecule has 0 radical (unpaired) electrons. The Balaban J connectivity index is 2.91. The summed E-state index contributed by atoms with van der Waals surface area (Å²) in [4.78, 5) is 13.2. The summed E-state index contributed by atoms with van der Waals surface area (Å²) < 4.78 is 0.926. The van der Waals surface area contributed by atoms with E-state index in [1.165, 1.54) is 0 Å². The number of aryl methyl sites for hydroxylation is 1. The topological polar surface area (TPSA) is 46.3 Å². The average Bonchev–Trinajstić information content (AvgIpc) is 2.17. The molecule has 82 valence electrons. The van der Waals surface area contributed by atoms with E-state index in [0.717, 1.165) is 15.7 Å². The number of carbonyl (C=O) groups excluding carboxylic acids is 1. The van der Waals surface area contributed by atoms with Gasteiger partial charge in [-0.1, -0.05) is 6.07 Å². The van der Waals surface area contributed by atoms with E-state index in [1.807, 2.05) is 25.1 Å². The molecule has 3 nitrogen and oxygen atoms in total. The molecule has 0 saturated heterocycles. The first-order chi connectivity index (χ1) is 7.06. The van der Waals surface area contributed by atoms with E-state index in [9.17, 15) is 4.79 Å². The van der Waals surface area contributed by atoms with E-state index >= 15 is 0 Å². The maximum Gasteiger partial charge on any atom is 0.228 e. The highest BCUT2D eigenvalue weighted by molar-refractivity contribution is 9.10. The fourth-order valence-corrected chi connectivity index (χ4v) is 2.07. The molecule has 0 aliphatic carbocycles. The van der Waals surface area contributed by atoms with Gasteiger partial charge in [0, 0.05) is 24.5 Å². The maximum absolute atomic E-state index is 11.6. The Morgan fingerprint density at radius 3 is 2.73 bits per heavy atom. The molecule has 1 rings (SSSR count). The molecule has 1 aromatic rings. The number of halogens is 1. The fraction of sp³-hybridized carbons (Fsp3) is 0.364. The number of amides is 1. The first-order valence-electron chi connectivity index (χ1n) is 4.79. The van der Waals surface area contributed by atoms with Gasteiger partial charge in [0.2, 0.25) is 5.91 Å². The summed E-state index contributed by atoms with van der Waals surface area (Å²) in [6.45, 7) is 2.39. The highest BCUT2D eigenvalue weighted by Gasteiger charge is 2.12. The minimum atomic E-state index is 0.0297. The van der Waals surface area contributed by atoms with E-state index in [1.54, 1.807) is 11.9 Å². The zero-order chi connectivity index (χ0) is 11.4. The van der Waals surface area contributed by atoms with Gasteiger partial charge in [0.1, 0.15) is 0 Å². The Morgan fingerprint density at radius 1 is 1.53 bits per heavy atom. The maximum atomic E-state index is 11.6. The summed E-state index contributed by atoms with van der Waals surface area (Å²) >= 11 is 3.44. The molecule has 1 amide bonds. The largest absolute Gasteiger partial charge is 0.330 e. The van der Waals surface area contributed by atoms with Crippen molar-refractivity contribution in [1.82, 2.24) is 0 Å². The normalized spacial score (nSPS) is 10.1. The van der Waals surface area contributed by atoms with Crippen molar-refractivity contribution in [2.45, 2.75) is 13.3 Å². The lowest BCUT2D eigenvalue weighted by Gasteiger charge is -2.18. The molecule has 0 aliphatic heterocycles. The smallest absolute Gasteiger partial charge is 0.228 e. The van der Waals surface area contributed by atoms with Crippen molar-refractivity contribution >= 4 is 27.5 Å². The number of carbonyl (C=O) groups is 1. The second kappa shape index (κ2) is 5.28. The van der Waals surface area contributed by atoms with Crippen molar-refractivity contribution in [1.29, 1.82) is 0 Å². The Labute approximate surface area is 98.4 Å². The van der Waals surface area contributed by atoms with E-state index in [4.69, 9.17) is 5.73 Å². The minimum absolute atomic E-state index is 0.0297. The molecule has 2 N–H and O–H groups in total. The van der Waals surface area contributed by atoms with Crippen molar-refractivity contribution in [3.05, 3.63) is 28.2 Å². The molecule has 0 fully saturated rings. The SMILES string of the molecule is Cc1ccc(N(C)C(=O)CCN)c(Br)c1. The first-order valence-corrected chi connectivity index (χ1v) is 5.58. The Kier molecular flexibility index (Phi) is 4.29. The van der Waals surface area contributed by atoms with Crippen molar-refractivity contribution < 1.29 is 4.79 Å². The summed E-state index contributed by atoms with van der Waals surface area (Å²) in [5.74, 6) is 0.0297. The van der Waals surface area contributed by atoms with Crippen LogP contribution in [0.1, 0.15) is 12.0 Å². The van der Waals surface area contributed by atoms with Gasteiger partial charge in [-0.05, 0) is 40.5 Å². The lowest BCUT2D eigenvalue weighted by molar-refractivity contribution is -0.118. The zero-order valence-electron chi connectivity index (χ0n) is 8.96. The van der Waals surface area contributed by atoms with Crippen LogP contribution in [0.4, 0.5) is 5.69 Å². The third kappa shape index (κ3) is 3.04. The Hall–Kier alpha value is -0.870. The second-order valence-corrected chi connectivity index (χ2v) is 4.30. The van der Waals surface area contributed by atoms with Crippen LogP contribution in [0.2, 0.25) is 0 Å². The van der Waals surface area contributed by atoms with E-state index in [0.29, 0.717) is 13.0 Å². The number of hydrogen-bond acceptors (Lipinski definition) is 2. The standard InChI is InChI=1S/C11H15BrN2O/c1-8-3-4-10(9(12)7-8)14(2)11(15)5-6-13/h3-4,7H,5-6,13H2,1-2H3.